The molecule has 1 aromatic rings. The summed E-state index contributed by atoms with van der Waals surface area (Å²) in [6, 6.07) is 5.77. The zero-order valence-corrected chi connectivity index (χ0v) is 9.75. The van der Waals surface area contributed by atoms with Crippen LogP contribution in [0.3, 0.4) is 0 Å². The van der Waals surface area contributed by atoms with E-state index in [1.54, 1.807) is 6.07 Å². The van der Waals surface area contributed by atoms with Gasteiger partial charge in [0.15, 0.2) is 0 Å². The van der Waals surface area contributed by atoms with E-state index in [4.69, 9.17) is 5.73 Å². The van der Waals surface area contributed by atoms with Gasteiger partial charge in [-0.05, 0) is 37.4 Å². The lowest BCUT2D eigenvalue weighted by molar-refractivity contribution is 0.255. The van der Waals surface area contributed by atoms with Gasteiger partial charge in [0.25, 0.3) is 0 Å². The minimum atomic E-state index is -0.301. The highest BCUT2D eigenvalue weighted by atomic mass is 19.1. The lowest BCUT2D eigenvalue weighted by Crippen LogP contribution is -2.26. The van der Waals surface area contributed by atoms with Gasteiger partial charge in [-0.1, -0.05) is 19.1 Å². The Morgan fingerprint density at radius 3 is 2.81 bits per heavy atom. The Balaban J connectivity index is 2.08. The van der Waals surface area contributed by atoms with E-state index in [9.17, 15) is 4.39 Å². The molecule has 1 aliphatic rings. The number of hydrogen-bond acceptors (Lipinski definition) is 2. The summed E-state index contributed by atoms with van der Waals surface area (Å²) in [5.74, 6) is -0.301. The van der Waals surface area contributed by atoms with E-state index in [0.717, 1.165) is 25.1 Å². The molecule has 0 radical (unpaired) electrons. The van der Waals surface area contributed by atoms with Crippen molar-refractivity contribution >= 4 is 5.69 Å². The second-order valence-electron chi connectivity index (χ2n) is 4.51. The molecule has 1 fully saturated rings. The highest BCUT2D eigenvalue weighted by molar-refractivity contribution is 5.47. The minimum Gasteiger partial charge on any atom is -0.396 e. The first kappa shape index (κ1) is 11.4. The maximum Gasteiger partial charge on any atom is 0.146 e. The summed E-state index contributed by atoms with van der Waals surface area (Å²) in [5.41, 5.74) is 6.97. The molecule has 2 N–H and O–H groups in total. The van der Waals surface area contributed by atoms with Gasteiger partial charge in [-0.25, -0.2) is 4.39 Å². The number of rotatable bonds is 5. The molecule has 0 aromatic heterocycles. The fourth-order valence-corrected chi connectivity index (χ4v) is 2.06. The van der Waals surface area contributed by atoms with Crippen molar-refractivity contribution in [3.8, 4) is 0 Å². The van der Waals surface area contributed by atoms with Crippen molar-refractivity contribution in [3.63, 3.8) is 0 Å². The first-order valence-electron chi connectivity index (χ1n) is 5.99. The van der Waals surface area contributed by atoms with Crippen LogP contribution in [0.4, 0.5) is 10.1 Å². The van der Waals surface area contributed by atoms with Gasteiger partial charge in [0.1, 0.15) is 5.82 Å². The average Bonchev–Trinajstić information content (AvgIpc) is 3.07. The number of hydrogen-bond donors (Lipinski definition) is 1. The number of nitrogen functional groups attached to an aromatic ring is 1. The molecule has 0 bridgehead atoms. The van der Waals surface area contributed by atoms with Crippen molar-refractivity contribution in [2.75, 3.05) is 12.3 Å². The molecule has 16 heavy (non-hydrogen) atoms. The van der Waals surface area contributed by atoms with Crippen LogP contribution in [-0.2, 0) is 6.54 Å². The van der Waals surface area contributed by atoms with Crippen molar-refractivity contribution in [3.05, 3.63) is 29.6 Å². The maximum absolute atomic E-state index is 13.3. The van der Waals surface area contributed by atoms with Crippen molar-refractivity contribution in [1.82, 2.24) is 4.90 Å². The van der Waals surface area contributed by atoms with Gasteiger partial charge in [0, 0.05) is 12.6 Å². The van der Waals surface area contributed by atoms with E-state index in [1.807, 2.05) is 6.07 Å². The van der Waals surface area contributed by atoms with E-state index >= 15 is 0 Å². The number of benzene rings is 1. The number of para-hydroxylation sites is 1. The summed E-state index contributed by atoms with van der Waals surface area (Å²) in [5, 5.41) is 0. The molecule has 0 heterocycles. The van der Waals surface area contributed by atoms with E-state index < -0.39 is 0 Å². The molecular formula is C13H19FN2. The van der Waals surface area contributed by atoms with Crippen LogP contribution in [0.5, 0.6) is 0 Å². The first-order valence-corrected chi connectivity index (χ1v) is 5.99. The predicted molar refractivity (Wildman–Crippen MR) is 64.5 cm³/mol. The van der Waals surface area contributed by atoms with Gasteiger partial charge >= 0.3 is 0 Å². The van der Waals surface area contributed by atoms with Crippen molar-refractivity contribution in [1.29, 1.82) is 0 Å². The number of nitrogens with zero attached hydrogens (tertiary/aromatic N) is 1. The van der Waals surface area contributed by atoms with Crippen molar-refractivity contribution in [2.45, 2.75) is 38.8 Å². The van der Waals surface area contributed by atoms with Gasteiger partial charge in [-0.15, -0.1) is 0 Å². The van der Waals surface area contributed by atoms with E-state index in [-0.39, 0.29) is 5.82 Å². The Labute approximate surface area is 96.2 Å². The normalized spacial score (nSPS) is 15.7. The van der Waals surface area contributed by atoms with Gasteiger partial charge in [0.2, 0.25) is 0 Å². The Morgan fingerprint density at radius 2 is 2.19 bits per heavy atom. The second kappa shape index (κ2) is 4.83. The lowest BCUT2D eigenvalue weighted by atomic mass is 10.1. The second-order valence-corrected chi connectivity index (χ2v) is 4.51. The highest BCUT2D eigenvalue weighted by Gasteiger charge is 2.28. The zero-order valence-electron chi connectivity index (χ0n) is 9.75. The minimum absolute atomic E-state index is 0.301. The fraction of sp³-hybridized carbons (Fsp3) is 0.538. The molecule has 1 aromatic carbocycles. The molecule has 1 aliphatic carbocycles. The van der Waals surface area contributed by atoms with E-state index in [2.05, 4.69) is 11.8 Å². The van der Waals surface area contributed by atoms with Crippen LogP contribution in [-0.4, -0.2) is 17.5 Å². The van der Waals surface area contributed by atoms with Crippen LogP contribution >= 0.6 is 0 Å². The molecule has 2 nitrogen and oxygen atoms in total. The molecule has 0 spiro atoms. The van der Waals surface area contributed by atoms with E-state index in [0.29, 0.717) is 11.7 Å². The summed E-state index contributed by atoms with van der Waals surface area (Å²) >= 11 is 0. The first-order chi connectivity index (χ1) is 7.72. The Morgan fingerprint density at radius 1 is 1.44 bits per heavy atom. The summed E-state index contributed by atoms with van der Waals surface area (Å²) in [7, 11) is 0. The van der Waals surface area contributed by atoms with Crippen LogP contribution in [0.1, 0.15) is 31.7 Å². The van der Waals surface area contributed by atoms with Crippen molar-refractivity contribution < 1.29 is 4.39 Å². The Kier molecular flexibility index (Phi) is 3.44. The summed E-state index contributed by atoms with van der Waals surface area (Å²) in [4.78, 5) is 2.41. The third-order valence-electron chi connectivity index (χ3n) is 3.09. The molecule has 0 unspecified atom stereocenters. The maximum atomic E-state index is 13.3. The largest absolute Gasteiger partial charge is 0.396 e. The molecule has 88 valence electrons. The average molecular weight is 222 g/mol. The molecule has 0 atom stereocenters. The van der Waals surface area contributed by atoms with Crippen molar-refractivity contribution in [2.24, 2.45) is 0 Å². The van der Waals surface area contributed by atoms with Crippen LogP contribution in [0.15, 0.2) is 18.2 Å². The van der Waals surface area contributed by atoms with Crippen LogP contribution in [0.2, 0.25) is 0 Å². The molecular weight excluding hydrogens is 203 g/mol. The third kappa shape index (κ3) is 2.53. The van der Waals surface area contributed by atoms with E-state index in [1.165, 1.54) is 18.9 Å². The molecule has 3 heteroatoms. The smallest absolute Gasteiger partial charge is 0.146 e. The number of anilines is 1. The van der Waals surface area contributed by atoms with Gasteiger partial charge in [0.05, 0.1) is 5.69 Å². The summed E-state index contributed by atoms with van der Waals surface area (Å²) < 4.78 is 13.3. The van der Waals surface area contributed by atoms with Gasteiger partial charge < -0.3 is 5.73 Å². The standard InChI is InChI=1S/C13H19FN2/c1-2-8-16(11-6-7-11)9-10-4-3-5-12(14)13(10)15/h3-5,11H,2,6-9,15H2,1H3. The lowest BCUT2D eigenvalue weighted by Gasteiger charge is -2.22. The Hall–Kier alpha value is -1.09. The molecule has 1 saturated carbocycles. The quantitative estimate of drug-likeness (QED) is 0.776. The number of halogens is 1. The molecule has 0 amide bonds. The molecule has 0 saturated heterocycles. The summed E-state index contributed by atoms with van der Waals surface area (Å²) in [6.07, 6.45) is 3.68. The van der Waals surface area contributed by atoms with Crippen LogP contribution in [0.25, 0.3) is 0 Å². The number of nitrogens with two attached hydrogens (primary N) is 1. The zero-order chi connectivity index (χ0) is 11.5. The van der Waals surface area contributed by atoms with Crippen LogP contribution < -0.4 is 5.73 Å². The summed E-state index contributed by atoms with van der Waals surface area (Å²) in [6.45, 7) is 4.02. The highest BCUT2D eigenvalue weighted by Crippen LogP contribution is 2.29. The fourth-order valence-electron chi connectivity index (χ4n) is 2.06. The molecule has 2 rings (SSSR count). The van der Waals surface area contributed by atoms with Gasteiger partial charge in [-0.2, -0.15) is 0 Å². The monoisotopic (exact) mass is 222 g/mol. The molecule has 0 aliphatic heterocycles. The predicted octanol–water partition coefficient (Wildman–Crippen LogP) is 2.78. The van der Waals surface area contributed by atoms with Crippen LogP contribution in [0, 0.1) is 5.82 Å². The third-order valence-corrected chi connectivity index (χ3v) is 3.09. The topological polar surface area (TPSA) is 29.3 Å². The van der Waals surface area contributed by atoms with Gasteiger partial charge in [-0.3, -0.25) is 4.90 Å². The Bertz CT molecular complexity index is 361. The SMILES string of the molecule is CCCN(Cc1cccc(F)c1N)C1CC1.